The number of rotatable bonds is 33. The maximum Gasteiger partial charge on any atom is 0.110 e. The van der Waals surface area contributed by atoms with Crippen LogP contribution in [-0.2, 0) is 37.9 Å². The number of halogens is 15. The minimum absolute atomic E-state index is 0. The SMILES string of the molecule is C=COCCO.CC(C)(C)OCCO.CC(C)COCCO.CCC(CO)OC.CCCCCCOCCO.CCCCOCC(C)O.CCCCOCCO.CCCO.CCO.CO.COC(C)(C)CCO.F.FF.FF.FF.FF.FF.FF.FF. The maximum absolute atomic E-state index is 8.73. The van der Waals surface area contributed by atoms with E-state index in [0.717, 1.165) is 78.5 Å². The van der Waals surface area contributed by atoms with Gasteiger partial charge in [-0.3, -0.25) is 4.70 Å². The van der Waals surface area contributed by atoms with Crippen LogP contribution in [0.5, 0.6) is 0 Å². The highest BCUT2D eigenvalue weighted by atomic mass is 20.0. The molecule has 0 spiro atoms. The van der Waals surface area contributed by atoms with E-state index in [4.69, 9.17) is 153 Å². The van der Waals surface area contributed by atoms with Gasteiger partial charge in [-0.05, 0) is 92.9 Å². The van der Waals surface area contributed by atoms with Crippen LogP contribution in [0, 0.1) is 5.92 Å². The van der Waals surface area contributed by atoms with Crippen LogP contribution in [0.15, 0.2) is 12.8 Å². The lowest BCUT2D eigenvalue weighted by Gasteiger charge is -2.20. The van der Waals surface area contributed by atoms with Gasteiger partial charge in [0.25, 0.3) is 0 Å². The summed E-state index contributed by atoms with van der Waals surface area (Å²) in [6.45, 7) is 38.3. The van der Waals surface area contributed by atoms with E-state index in [2.05, 4.69) is 45.9 Å². The first-order valence-corrected chi connectivity index (χ1v) is 27.5. The fourth-order valence-corrected chi connectivity index (χ4v) is 3.32. The summed E-state index contributed by atoms with van der Waals surface area (Å²) in [5, 5.41) is 89.2. The molecule has 0 aromatic heterocycles. The van der Waals surface area contributed by atoms with Crippen LogP contribution in [0.4, 0.5) is 68.7 Å². The number of hydrogen-bond acceptors (Lipinski definition) is 19. The molecule has 0 aromatic rings. The first-order chi connectivity index (χ1) is 41.6. The molecule has 0 heterocycles. The molecule has 11 N–H and O–H groups in total. The van der Waals surface area contributed by atoms with Crippen LogP contribution >= 0.6 is 0 Å². The van der Waals surface area contributed by atoms with Crippen molar-refractivity contribution in [3.8, 4) is 0 Å². The summed E-state index contributed by atoms with van der Waals surface area (Å²) in [5.74, 6) is 0.571. The van der Waals surface area contributed by atoms with Crippen LogP contribution in [-0.4, -0.2) is 226 Å². The van der Waals surface area contributed by atoms with Gasteiger partial charge in [-0.25, -0.2) is 0 Å². The molecular formula is C54H129F15O19. The van der Waals surface area contributed by atoms with E-state index in [1.165, 1.54) is 25.5 Å². The van der Waals surface area contributed by atoms with Crippen LogP contribution in [0.1, 0.15) is 168 Å². The van der Waals surface area contributed by atoms with Crippen LogP contribution in [0.25, 0.3) is 0 Å². The Morgan fingerprint density at radius 3 is 0.966 bits per heavy atom. The third-order valence-corrected chi connectivity index (χ3v) is 7.38. The molecule has 0 fully saturated rings. The van der Waals surface area contributed by atoms with Gasteiger partial charge in [0.15, 0.2) is 0 Å². The van der Waals surface area contributed by atoms with Crippen LogP contribution < -0.4 is 0 Å². The first-order valence-electron chi connectivity index (χ1n) is 27.5. The molecule has 88 heavy (non-hydrogen) atoms. The molecule has 0 saturated heterocycles. The van der Waals surface area contributed by atoms with Gasteiger partial charge in [0.2, 0.25) is 0 Å². The predicted octanol–water partition coefficient (Wildman–Crippen LogP) is 12.4. The van der Waals surface area contributed by atoms with Crippen molar-refractivity contribution >= 4 is 0 Å². The summed E-state index contributed by atoms with van der Waals surface area (Å²) in [4.78, 5) is 0. The molecule has 564 valence electrons. The Labute approximate surface area is 518 Å². The topological polar surface area (TPSA) is 296 Å². The molecular weight excluding hydrogens is 1240 g/mol. The number of unbranched alkanes of at least 4 members (excludes halogenated alkanes) is 5. The fraction of sp³-hybridized carbons (Fsp3) is 0.963. The highest BCUT2D eigenvalue weighted by Crippen LogP contribution is 2.10. The number of aliphatic hydroxyl groups is 11. The average Bonchev–Trinajstić information content (AvgIpc) is 3.54. The van der Waals surface area contributed by atoms with Gasteiger partial charge >= 0.3 is 0 Å². The summed E-state index contributed by atoms with van der Waals surface area (Å²) >= 11 is 0. The second-order valence-electron chi connectivity index (χ2n) is 16.9. The smallest absolute Gasteiger partial charge is 0.110 e. The van der Waals surface area contributed by atoms with Crippen molar-refractivity contribution in [1.29, 1.82) is 0 Å². The molecule has 0 amide bonds. The van der Waals surface area contributed by atoms with E-state index in [1.807, 2.05) is 48.5 Å². The standard InChI is InChI=1S/C8H18O2.C7H16O2.4C6H14O2.C5H12O2.C4H8O2.C3H8O.C2H6O.CH4O.7F2.FH/c1-2-3-4-5-7-10-8-6-9;1-3-4-5-9-6-7(2)8;1-6(2,8-3)4-5-7;1-6(2,3)8-5-4-7;1-6(2)5-8-4-3-7;1-2-3-5-8-6-4-7;1-3-5(4-6)7-2;1-2-6-4-3-5;1-2-3-4;1-2-3;8*1-2;/h9H,2-8H2,1H3;7-8H,3-6H2,1-2H3;2*7H,4-5H2,1-3H3;6-7H,3-5H2,1-2H3;7H,2-6H2,1H3;5-6H,3-4H2,1-2H3;2,5H,1,3-4H2;4H,2-3H2,1H3;3H,2H2,1H3;2H,1H3;;;;;;;;1H. The molecule has 0 radical (unpaired) electrons. The first kappa shape index (κ1) is 138. The summed E-state index contributed by atoms with van der Waals surface area (Å²) in [6, 6.07) is 0. The maximum atomic E-state index is 8.73. The lowest BCUT2D eigenvalue weighted by Crippen LogP contribution is -2.23. The van der Waals surface area contributed by atoms with E-state index in [1.54, 1.807) is 28.1 Å². The van der Waals surface area contributed by atoms with E-state index < -0.39 is 0 Å². The van der Waals surface area contributed by atoms with Gasteiger partial charge < -0.3 is 94.1 Å². The minimum atomic E-state index is -0.318. The molecule has 19 nitrogen and oxygen atoms in total. The number of hydrogen-bond donors (Lipinski definition) is 11. The van der Waals surface area contributed by atoms with Crippen molar-refractivity contribution in [3.05, 3.63) is 12.8 Å². The minimum Gasteiger partial charge on any atom is -0.499 e. The average molecular weight is 1370 g/mol. The molecule has 0 aliphatic carbocycles. The van der Waals surface area contributed by atoms with Gasteiger partial charge in [0, 0.05) is 132 Å². The van der Waals surface area contributed by atoms with Gasteiger partial charge in [-0.2, -0.15) is 0 Å². The molecule has 34 heteroatoms. The van der Waals surface area contributed by atoms with Crippen molar-refractivity contribution in [2.75, 3.05) is 147 Å². The zero-order chi connectivity index (χ0) is 73.3. The Balaban J connectivity index is -0.0000000347. The van der Waals surface area contributed by atoms with Crippen molar-refractivity contribution < 1.29 is 163 Å². The van der Waals surface area contributed by atoms with E-state index >= 15 is 0 Å². The summed E-state index contributed by atoms with van der Waals surface area (Å²) in [5.41, 5.74) is -0.266. The summed E-state index contributed by atoms with van der Waals surface area (Å²) < 4.78 is 152. The number of ether oxygens (including phenoxy) is 8. The normalized spacial score (nSPS) is 9.31. The molecule has 0 aromatic carbocycles. The van der Waals surface area contributed by atoms with Crippen molar-refractivity contribution in [1.82, 2.24) is 0 Å². The van der Waals surface area contributed by atoms with Crippen LogP contribution in [0.2, 0.25) is 0 Å². The molecule has 0 bridgehead atoms. The Bertz CT molecular complexity index is 812. The van der Waals surface area contributed by atoms with Crippen molar-refractivity contribution in [2.45, 2.75) is 191 Å². The van der Waals surface area contributed by atoms with E-state index in [9.17, 15) is 0 Å². The molecule has 0 saturated carbocycles. The Hall–Kier alpha value is -2.23. The van der Waals surface area contributed by atoms with Gasteiger partial charge in [-0.1, -0.05) is 87.1 Å². The lowest BCUT2D eigenvalue weighted by atomic mass is 10.1. The fourth-order valence-electron chi connectivity index (χ4n) is 3.32. The molecule has 0 rings (SSSR count). The Kier molecular flexibility index (Phi) is 280. The third-order valence-electron chi connectivity index (χ3n) is 7.38. The molecule has 0 aliphatic heterocycles. The summed E-state index contributed by atoms with van der Waals surface area (Å²) in [7, 11) is 4.25. The van der Waals surface area contributed by atoms with Gasteiger partial charge in [0.05, 0.1) is 102 Å². The zero-order valence-electron chi connectivity index (χ0n) is 56.1. The molecule has 2 atom stereocenters. The van der Waals surface area contributed by atoms with Crippen molar-refractivity contribution in [3.63, 3.8) is 0 Å². The highest BCUT2D eigenvalue weighted by Gasteiger charge is 2.14. The number of methoxy groups -OCH3 is 2. The highest BCUT2D eigenvalue weighted by molar-refractivity contribution is 4.65. The van der Waals surface area contributed by atoms with E-state index in [0.29, 0.717) is 58.6 Å². The quantitative estimate of drug-likeness (QED) is 0.0165. The van der Waals surface area contributed by atoms with Gasteiger partial charge in [-0.15, -0.1) is 0 Å². The summed E-state index contributed by atoms with van der Waals surface area (Å²) in [6.07, 6.45) is 12.9. The molecule has 2 unspecified atom stereocenters. The Morgan fingerprint density at radius 2 is 0.773 bits per heavy atom. The lowest BCUT2D eigenvalue weighted by molar-refractivity contribution is -0.0199. The second-order valence-corrected chi connectivity index (χ2v) is 16.9. The third kappa shape index (κ3) is 314. The largest absolute Gasteiger partial charge is 0.499 e. The monoisotopic (exact) mass is 1370 g/mol. The molecule has 0 aliphatic rings. The van der Waals surface area contributed by atoms with Gasteiger partial charge in [0.1, 0.15) is 6.61 Å². The van der Waals surface area contributed by atoms with Crippen LogP contribution in [0.3, 0.4) is 0 Å². The Morgan fingerprint density at radius 1 is 0.443 bits per heavy atom. The zero-order valence-corrected chi connectivity index (χ0v) is 56.1. The van der Waals surface area contributed by atoms with E-state index in [-0.39, 0.29) is 81.0 Å². The second kappa shape index (κ2) is 178. The predicted molar refractivity (Wildman–Crippen MR) is 318 cm³/mol. The van der Waals surface area contributed by atoms with Crippen molar-refractivity contribution in [2.24, 2.45) is 5.92 Å². The number of aliphatic hydroxyl groups excluding tert-OH is 11.